The maximum Gasteiger partial charge on any atom is 0.309 e. The van der Waals surface area contributed by atoms with Crippen LogP contribution in [-0.2, 0) is 4.79 Å². The first-order valence-corrected chi connectivity index (χ1v) is 10.1. The van der Waals surface area contributed by atoms with E-state index >= 15 is 0 Å². The van der Waals surface area contributed by atoms with Gasteiger partial charge < -0.3 is 15.7 Å². The molecule has 0 saturated heterocycles. The van der Waals surface area contributed by atoms with Crippen LogP contribution in [0.1, 0.15) is 53.4 Å². The Morgan fingerprint density at radius 1 is 1.52 bits per heavy atom. The number of carbonyl (C=O) groups is 1. The average Bonchev–Trinajstić information content (AvgIpc) is 3.27. The lowest BCUT2D eigenvalue weighted by atomic mass is 9.61. The summed E-state index contributed by atoms with van der Waals surface area (Å²) in [5.74, 6) is 1.70. The molecule has 0 radical (unpaired) electrons. The number of amidine groups is 1. The molecule has 3 N–H and O–H groups in total. The van der Waals surface area contributed by atoms with E-state index < -0.39 is 11.4 Å². The van der Waals surface area contributed by atoms with Crippen LogP contribution in [0.25, 0.3) is 0 Å². The number of hydrogen-bond acceptors (Lipinski definition) is 5. The van der Waals surface area contributed by atoms with Gasteiger partial charge >= 0.3 is 5.97 Å². The largest absolute Gasteiger partial charge is 0.481 e. The molecule has 0 saturated carbocycles. The van der Waals surface area contributed by atoms with Gasteiger partial charge in [0.25, 0.3) is 0 Å². The molecular formula is C20H31BN4O2. The molecule has 3 aliphatic rings. The van der Waals surface area contributed by atoms with Gasteiger partial charge in [0.15, 0.2) is 0 Å². The first-order chi connectivity index (χ1) is 12.8. The zero-order chi connectivity index (χ0) is 19.6. The molecule has 0 bridgehead atoms. The van der Waals surface area contributed by atoms with Crippen molar-refractivity contribution in [2.45, 2.75) is 59.4 Å². The predicted molar refractivity (Wildman–Crippen MR) is 112 cm³/mol. The third kappa shape index (κ3) is 4.12. The van der Waals surface area contributed by atoms with Gasteiger partial charge in [-0.05, 0) is 44.1 Å². The van der Waals surface area contributed by atoms with E-state index in [1.807, 2.05) is 6.92 Å². The second kappa shape index (κ2) is 7.91. The maximum absolute atomic E-state index is 11.5. The molecule has 2 atom stereocenters. The van der Waals surface area contributed by atoms with Crippen LogP contribution in [0.3, 0.4) is 0 Å². The van der Waals surface area contributed by atoms with E-state index in [9.17, 15) is 9.90 Å². The summed E-state index contributed by atoms with van der Waals surface area (Å²) in [6.07, 6.45) is 5.12. The van der Waals surface area contributed by atoms with Crippen LogP contribution >= 0.6 is 0 Å². The highest BCUT2D eigenvalue weighted by molar-refractivity contribution is 6.88. The summed E-state index contributed by atoms with van der Waals surface area (Å²) in [6, 6.07) is 0.314. The van der Waals surface area contributed by atoms with E-state index in [0.717, 1.165) is 56.0 Å². The lowest BCUT2D eigenvalue weighted by Gasteiger charge is -2.28. The van der Waals surface area contributed by atoms with E-state index in [-0.39, 0.29) is 0 Å². The molecule has 3 rings (SSSR count). The second-order valence-corrected chi connectivity index (χ2v) is 8.46. The topological polar surface area (TPSA) is 86.1 Å². The van der Waals surface area contributed by atoms with Crippen molar-refractivity contribution in [3.8, 4) is 0 Å². The fourth-order valence-corrected chi connectivity index (χ4v) is 3.71. The smallest absolute Gasteiger partial charge is 0.309 e. The van der Waals surface area contributed by atoms with Crippen LogP contribution in [0, 0.1) is 11.3 Å². The van der Waals surface area contributed by atoms with Gasteiger partial charge in [0.1, 0.15) is 11.7 Å². The molecule has 1 aliphatic carbocycles. The van der Waals surface area contributed by atoms with Gasteiger partial charge in [-0.1, -0.05) is 26.8 Å². The Morgan fingerprint density at radius 2 is 2.30 bits per heavy atom. The highest BCUT2D eigenvalue weighted by Gasteiger charge is 2.36. The predicted octanol–water partition coefficient (Wildman–Crippen LogP) is 2.23. The summed E-state index contributed by atoms with van der Waals surface area (Å²) in [6.45, 7) is 10.1. The molecule has 146 valence electrons. The van der Waals surface area contributed by atoms with Gasteiger partial charge in [0.05, 0.1) is 11.5 Å². The third-order valence-corrected chi connectivity index (χ3v) is 5.88. The number of aliphatic imine (C=N–C) groups is 2. The molecule has 27 heavy (non-hydrogen) atoms. The lowest BCUT2D eigenvalue weighted by Crippen LogP contribution is -2.31. The van der Waals surface area contributed by atoms with Crippen LogP contribution in [0.5, 0.6) is 0 Å². The minimum Gasteiger partial charge on any atom is -0.481 e. The van der Waals surface area contributed by atoms with Crippen LogP contribution in [0.15, 0.2) is 32.9 Å². The van der Waals surface area contributed by atoms with Gasteiger partial charge in [-0.2, -0.15) is 0 Å². The van der Waals surface area contributed by atoms with Crippen molar-refractivity contribution in [1.29, 1.82) is 0 Å². The summed E-state index contributed by atoms with van der Waals surface area (Å²) >= 11 is 0. The van der Waals surface area contributed by atoms with Crippen LogP contribution in [0.2, 0.25) is 0 Å². The fraction of sp³-hybridized carbons (Fsp3) is 0.650. The number of rotatable bonds is 7. The molecule has 0 aromatic heterocycles. The monoisotopic (exact) mass is 370 g/mol. The van der Waals surface area contributed by atoms with E-state index in [4.69, 9.17) is 9.98 Å². The van der Waals surface area contributed by atoms with Crippen molar-refractivity contribution in [1.82, 2.24) is 10.6 Å². The van der Waals surface area contributed by atoms with Gasteiger partial charge in [0.2, 0.25) is 7.28 Å². The zero-order valence-corrected chi connectivity index (χ0v) is 16.9. The van der Waals surface area contributed by atoms with Gasteiger partial charge in [-0.15, -0.1) is 0 Å². The molecular weight excluding hydrogens is 339 g/mol. The van der Waals surface area contributed by atoms with Gasteiger partial charge in [-0.25, -0.2) is 4.99 Å². The van der Waals surface area contributed by atoms with Gasteiger partial charge in [-0.3, -0.25) is 9.79 Å². The Labute approximate surface area is 162 Å². The third-order valence-electron chi connectivity index (χ3n) is 5.88. The molecule has 2 heterocycles. The molecule has 0 aromatic carbocycles. The molecule has 2 unspecified atom stereocenters. The highest BCUT2D eigenvalue weighted by atomic mass is 16.4. The Bertz CT molecular complexity index is 738. The molecule has 0 spiro atoms. The Balaban J connectivity index is 1.78. The van der Waals surface area contributed by atoms with Crippen molar-refractivity contribution in [3.63, 3.8) is 0 Å². The van der Waals surface area contributed by atoms with Crippen molar-refractivity contribution >= 4 is 24.7 Å². The summed E-state index contributed by atoms with van der Waals surface area (Å²) in [7, 11) is 0.762. The molecule has 7 heteroatoms. The molecule has 6 nitrogen and oxygen atoms in total. The Hall–Kier alpha value is -2.05. The lowest BCUT2D eigenvalue weighted by molar-refractivity contribution is -0.148. The quantitative estimate of drug-likeness (QED) is 0.600. The molecule has 0 aromatic rings. The highest BCUT2D eigenvalue weighted by Crippen LogP contribution is 2.36. The summed E-state index contributed by atoms with van der Waals surface area (Å²) in [5, 5.41) is 16.4. The van der Waals surface area contributed by atoms with E-state index in [0.29, 0.717) is 24.8 Å². The summed E-state index contributed by atoms with van der Waals surface area (Å²) in [4.78, 5) is 21.3. The zero-order valence-electron chi connectivity index (χ0n) is 16.9. The van der Waals surface area contributed by atoms with E-state index in [1.165, 1.54) is 5.57 Å². The Kier molecular flexibility index (Phi) is 5.77. The first kappa shape index (κ1) is 19.7. The molecule has 0 fully saturated rings. The van der Waals surface area contributed by atoms with Crippen molar-refractivity contribution in [2.24, 2.45) is 21.3 Å². The number of hydrogen-bond donors (Lipinski definition) is 3. The van der Waals surface area contributed by atoms with Crippen LogP contribution in [-0.4, -0.2) is 48.9 Å². The van der Waals surface area contributed by atoms with Crippen molar-refractivity contribution < 1.29 is 9.90 Å². The minimum absolute atomic E-state index is 0.314. The van der Waals surface area contributed by atoms with Gasteiger partial charge in [0, 0.05) is 24.2 Å². The van der Waals surface area contributed by atoms with Crippen LogP contribution < -0.4 is 10.6 Å². The van der Waals surface area contributed by atoms with E-state index in [1.54, 1.807) is 0 Å². The SMILES string of the molecule is CCCNC1=C(C2=NC(C(C)C)CN2)BC(C2=CCC(C)(C(=O)O)CC2)=N1. The average molecular weight is 370 g/mol. The maximum atomic E-state index is 11.5. The fourth-order valence-electron chi connectivity index (χ4n) is 3.71. The standard InChI is InChI=1S/C20H31BN4O2/c1-5-10-22-17-15(18-23-11-14(24-18)12(2)3)21-16(25-17)13-6-8-20(4,9-7-13)19(26)27/h6,12,14,21-22H,5,7-11H2,1-4H3,(H,23,24)(H,26,27). The van der Waals surface area contributed by atoms with Crippen molar-refractivity contribution in [3.05, 3.63) is 22.9 Å². The Morgan fingerprint density at radius 3 is 2.85 bits per heavy atom. The minimum atomic E-state index is -0.709. The number of carboxylic acid groups (broad SMARTS) is 1. The molecule has 2 aliphatic heterocycles. The normalized spacial score (nSPS) is 27.7. The number of nitrogens with one attached hydrogen (secondary N) is 2. The molecule has 0 amide bonds. The van der Waals surface area contributed by atoms with E-state index in [2.05, 4.69) is 37.5 Å². The number of carboxylic acids is 1. The first-order valence-electron chi connectivity index (χ1n) is 10.1. The summed E-state index contributed by atoms with van der Waals surface area (Å²) < 4.78 is 0. The van der Waals surface area contributed by atoms with Crippen molar-refractivity contribution in [2.75, 3.05) is 13.1 Å². The van der Waals surface area contributed by atoms with Crippen LogP contribution in [0.4, 0.5) is 0 Å². The number of nitrogens with zero attached hydrogens (tertiary/aromatic N) is 2. The second-order valence-electron chi connectivity index (χ2n) is 8.46. The number of allylic oxidation sites excluding steroid dienone is 2. The number of aliphatic carboxylic acids is 1. The summed E-state index contributed by atoms with van der Waals surface area (Å²) in [5.41, 5.74) is 2.75.